The highest BCUT2D eigenvalue weighted by Gasteiger charge is 2.23. The standard InChI is InChI=1S/C20H22N2O3S/c1-3-8-24-16-7-5-6-13-10-14(11-18-19(23)22-20(21)26-18)17(12-15(13)16)25-9-4-2/h5-7,10-12H,3-4,8-9H2,1-2H3,(H2,21,22,23). The van der Waals surface area contributed by atoms with Crippen LogP contribution in [0.4, 0.5) is 0 Å². The Bertz CT molecular complexity index is 877. The summed E-state index contributed by atoms with van der Waals surface area (Å²) in [5, 5.41) is 12.3. The number of amides is 1. The minimum absolute atomic E-state index is 0.147. The van der Waals surface area contributed by atoms with Crippen molar-refractivity contribution in [3.63, 3.8) is 0 Å². The zero-order valence-corrected chi connectivity index (χ0v) is 15.7. The van der Waals surface area contributed by atoms with Crippen molar-refractivity contribution in [1.29, 1.82) is 5.41 Å². The molecular formula is C20H22N2O3S. The second kappa shape index (κ2) is 8.27. The minimum atomic E-state index is -0.249. The van der Waals surface area contributed by atoms with E-state index >= 15 is 0 Å². The van der Waals surface area contributed by atoms with Crippen LogP contribution in [0.1, 0.15) is 32.3 Å². The number of thioether (sulfide) groups is 1. The maximum atomic E-state index is 11.9. The highest BCUT2D eigenvalue weighted by Crippen LogP contribution is 2.35. The Morgan fingerprint density at radius 1 is 1.12 bits per heavy atom. The molecule has 0 saturated carbocycles. The first kappa shape index (κ1) is 18.3. The van der Waals surface area contributed by atoms with Gasteiger partial charge in [0.1, 0.15) is 11.5 Å². The first-order chi connectivity index (χ1) is 12.6. The summed E-state index contributed by atoms with van der Waals surface area (Å²) in [6.07, 6.45) is 3.62. The number of amidine groups is 1. The van der Waals surface area contributed by atoms with E-state index in [0.29, 0.717) is 23.9 Å². The number of ether oxygens (including phenoxy) is 2. The number of carbonyl (C=O) groups excluding carboxylic acids is 1. The largest absolute Gasteiger partial charge is 0.493 e. The lowest BCUT2D eigenvalue weighted by Crippen LogP contribution is -2.18. The molecule has 0 atom stereocenters. The van der Waals surface area contributed by atoms with Crippen LogP contribution in [0.2, 0.25) is 0 Å². The van der Waals surface area contributed by atoms with Gasteiger partial charge in [-0.3, -0.25) is 10.2 Å². The predicted molar refractivity (Wildman–Crippen MR) is 107 cm³/mol. The number of rotatable bonds is 7. The summed E-state index contributed by atoms with van der Waals surface area (Å²) in [5.74, 6) is 1.30. The molecule has 26 heavy (non-hydrogen) atoms. The first-order valence-corrected chi connectivity index (χ1v) is 9.55. The Hall–Kier alpha value is -2.47. The highest BCUT2D eigenvalue weighted by molar-refractivity contribution is 8.18. The molecule has 2 N–H and O–H groups in total. The number of carbonyl (C=O) groups is 1. The van der Waals surface area contributed by atoms with Gasteiger partial charge in [0.2, 0.25) is 0 Å². The monoisotopic (exact) mass is 370 g/mol. The molecular weight excluding hydrogens is 348 g/mol. The lowest BCUT2D eigenvalue weighted by molar-refractivity contribution is -0.115. The molecule has 2 aromatic carbocycles. The molecule has 136 valence electrons. The smallest absolute Gasteiger partial charge is 0.264 e. The average Bonchev–Trinajstić information content (AvgIpc) is 2.95. The lowest BCUT2D eigenvalue weighted by atomic mass is 10.0. The topological polar surface area (TPSA) is 71.4 Å². The molecule has 0 bridgehead atoms. The van der Waals surface area contributed by atoms with Gasteiger partial charge in [0.05, 0.1) is 18.1 Å². The van der Waals surface area contributed by atoms with Gasteiger partial charge in [-0.15, -0.1) is 0 Å². The van der Waals surface area contributed by atoms with Gasteiger partial charge in [-0.05, 0) is 54.3 Å². The normalized spacial score (nSPS) is 15.5. The third-order valence-corrected chi connectivity index (χ3v) is 4.67. The van der Waals surface area contributed by atoms with Crippen molar-refractivity contribution in [1.82, 2.24) is 5.32 Å². The summed E-state index contributed by atoms with van der Waals surface area (Å²) < 4.78 is 11.8. The van der Waals surface area contributed by atoms with Crippen molar-refractivity contribution in [3.05, 3.63) is 40.8 Å². The molecule has 2 aromatic rings. The number of hydrogen-bond donors (Lipinski definition) is 2. The molecule has 0 aliphatic carbocycles. The maximum Gasteiger partial charge on any atom is 0.264 e. The van der Waals surface area contributed by atoms with Crippen LogP contribution >= 0.6 is 11.8 Å². The molecule has 0 spiro atoms. The Morgan fingerprint density at radius 2 is 1.85 bits per heavy atom. The zero-order valence-electron chi connectivity index (χ0n) is 14.9. The van der Waals surface area contributed by atoms with Crippen molar-refractivity contribution >= 4 is 39.7 Å². The molecule has 1 heterocycles. The fraction of sp³-hybridized carbons (Fsp3) is 0.300. The molecule has 1 amide bonds. The molecule has 0 unspecified atom stereocenters. The summed E-state index contributed by atoms with van der Waals surface area (Å²) in [5.41, 5.74) is 0.825. The summed E-state index contributed by atoms with van der Waals surface area (Å²) in [7, 11) is 0. The summed E-state index contributed by atoms with van der Waals surface area (Å²) in [6, 6.07) is 9.92. The molecule has 1 aliphatic rings. The Morgan fingerprint density at radius 3 is 2.50 bits per heavy atom. The summed E-state index contributed by atoms with van der Waals surface area (Å²) >= 11 is 1.12. The van der Waals surface area contributed by atoms with Gasteiger partial charge in [0, 0.05) is 10.9 Å². The van der Waals surface area contributed by atoms with Gasteiger partial charge in [-0.1, -0.05) is 26.0 Å². The maximum absolute atomic E-state index is 11.9. The second-order valence-corrected chi connectivity index (χ2v) is 7.01. The quantitative estimate of drug-likeness (QED) is 0.701. The molecule has 6 heteroatoms. The molecule has 0 aromatic heterocycles. The van der Waals surface area contributed by atoms with Gasteiger partial charge < -0.3 is 14.8 Å². The van der Waals surface area contributed by atoms with Gasteiger partial charge in [0.25, 0.3) is 5.91 Å². The molecule has 5 nitrogen and oxygen atoms in total. The lowest BCUT2D eigenvalue weighted by Gasteiger charge is -2.13. The summed E-state index contributed by atoms with van der Waals surface area (Å²) in [4.78, 5) is 12.4. The van der Waals surface area contributed by atoms with E-state index in [1.165, 1.54) is 0 Å². The average molecular weight is 370 g/mol. The van der Waals surface area contributed by atoms with E-state index in [4.69, 9.17) is 14.9 Å². The Kier molecular flexibility index (Phi) is 5.83. The van der Waals surface area contributed by atoms with E-state index in [9.17, 15) is 4.79 Å². The fourth-order valence-corrected chi connectivity index (χ4v) is 3.36. The van der Waals surface area contributed by atoms with Crippen LogP contribution in [-0.2, 0) is 4.79 Å². The fourth-order valence-electron chi connectivity index (χ4n) is 2.66. The highest BCUT2D eigenvalue weighted by atomic mass is 32.2. The third kappa shape index (κ3) is 4.02. The molecule has 1 saturated heterocycles. The number of benzene rings is 2. The van der Waals surface area contributed by atoms with Crippen molar-refractivity contribution in [3.8, 4) is 11.5 Å². The predicted octanol–water partition coefficient (Wildman–Crippen LogP) is 4.56. The van der Waals surface area contributed by atoms with Gasteiger partial charge in [0.15, 0.2) is 5.17 Å². The second-order valence-electron chi connectivity index (χ2n) is 5.96. The van der Waals surface area contributed by atoms with Crippen molar-refractivity contribution in [2.75, 3.05) is 13.2 Å². The molecule has 1 fully saturated rings. The van der Waals surface area contributed by atoms with Crippen LogP contribution in [0.5, 0.6) is 11.5 Å². The van der Waals surface area contributed by atoms with E-state index in [-0.39, 0.29) is 11.1 Å². The van der Waals surface area contributed by atoms with E-state index in [0.717, 1.165) is 46.7 Å². The third-order valence-electron chi connectivity index (χ3n) is 3.84. The van der Waals surface area contributed by atoms with E-state index in [1.54, 1.807) is 6.08 Å². The minimum Gasteiger partial charge on any atom is -0.493 e. The molecule has 0 radical (unpaired) electrons. The van der Waals surface area contributed by atoms with Gasteiger partial charge in [-0.2, -0.15) is 0 Å². The first-order valence-electron chi connectivity index (χ1n) is 8.74. The Labute approximate surface area is 157 Å². The van der Waals surface area contributed by atoms with Gasteiger partial charge in [-0.25, -0.2) is 0 Å². The van der Waals surface area contributed by atoms with Gasteiger partial charge >= 0.3 is 0 Å². The molecule has 1 aliphatic heterocycles. The SMILES string of the molecule is CCCOc1cc2c(OCCC)cccc2cc1C=C1SC(=N)NC1=O. The van der Waals surface area contributed by atoms with E-state index < -0.39 is 0 Å². The molecule has 3 rings (SSSR count). The number of hydrogen-bond acceptors (Lipinski definition) is 5. The van der Waals surface area contributed by atoms with E-state index in [1.807, 2.05) is 30.3 Å². The van der Waals surface area contributed by atoms with Crippen LogP contribution in [0, 0.1) is 5.41 Å². The number of fused-ring (bicyclic) bond motifs is 1. The van der Waals surface area contributed by atoms with Crippen LogP contribution in [-0.4, -0.2) is 24.3 Å². The Balaban J connectivity index is 2.07. The van der Waals surface area contributed by atoms with E-state index in [2.05, 4.69) is 19.2 Å². The van der Waals surface area contributed by atoms with Crippen molar-refractivity contribution in [2.24, 2.45) is 0 Å². The van der Waals surface area contributed by atoms with Crippen LogP contribution in [0.3, 0.4) is 0 Å². The van der Waals surface area contributed by atoms with Crippen molar-refractivity contribution in [2.45, 2.75) is 26.7 Å². The summed E-state index contributed by atoms with van der Waals surface area (Å²) in [6.45, 7) is 5.38. The van der Waals surface area contributed by atoms with Crippen molar-refractivity contribution < 1.29 is 14.3 Å². The zero-order chi connectivity index (χ0) is 18.5. The van der Waals surface area contributed by atoms with Crippen LogP contribution < -0.4 is 14.8 Å². The number of nitrogens with one attached hydrogen (secondary N) is 2. The van der Waals surface area contributed by atoms with Crippen LogP contribution in [0.25, 0.3) is 16.8 Å². The van der Waals surface area contributed by atoms with Crippen LogP contribution in [0.15, 0.2) is 35.2 Å².